The molecule has 26 heavy (non-hydrogen) atoms. The first-order chi connectivity index (χ1) is 12.8. The molecule has 6 rings (SSSR count). The number of hydrogen-bond acceptors (Lipinski definition) is 6. The van der Waals surface area contributed by atoms with E-state index < -0.39 is 0 Å². The van der Waals surface area contributed by atoms with Gasteiger partial charge in [-0.05, 0) is 47.4 Å². The van der Waals surface area contributed by atoms with Gasteiger partial charge in [0.2, 0.25) is 13.6 Å². The Kier molecular flexibility index (Phi) is 2.70. The summed E-state index contributed by atoms with van der Waals surface area (Å²) in [6.07, 6.45) is 0.444. The molecule has 2 atom stereocenters. The molecule has 0 radical (unpaired) electrons. The van der Waals surface area contributed by atoms with Gasteiger partial charge in [0.1, 0.15) is 6.61 Å². The van der Waals surface area contributed by atoms with Crippen molar-refractivity contribution in [1.29, 1.82) is 0 Å². The molecule has 0 aliphatic carbocycles. The van der Waals surface area contributed by atoms with Crippen LogP contribution in [-0.4, -0.2) is 37.2 Å². The van der Waals surface area contributed by atoms with Crippen LogP contribution in [0.5, 0.6) is 23.0 Å². The zero-order valence-electron chi connectivity index (χ0n) is 13.8. The topological polar surface area (TPSA) is 66.5 Å². The maximum Gasteiger partial charge on any atom is 0.411 e. The Bertz CT molecular complexity index is 942. The number of rotatable bonds is 1. The van der Waals surface area contributed by atoms with Crippen LogP contribution in [0.3, 0.4) is 0 Å². The molecule has 4 aliphatic heterocycles. The second-order valence-electron chi connectivity index (χ2n) is 6.76. The molecule has 4 aliphatic rings. The number of carbonyl (C=O) groups is 1. The Hall–Kier alpha value is -3.09. The van der Waals surface area contributed by atoms with Gasteiger partial charge >= 0.3 is 6.09 Å². The summed E-state index contributed by atoms with van der Waals surface area (Å²) in [5, 5.41) is 0. The molecule has 0 aromatic heterocycles. The van der Waals surface area contributed by atoms with Crippen molar-refractivity contribution in [3.8, 4) is 23.0 Å². The molecule has 1 amide bonds. The van der Waals surface area contributed by atoms with Crippen LogP contribution in [0.15, 0.2) is 30.3 Å². The minimum Gasteiger partial charge on any atom is -0.454 e. The van der Waals surface area contributed by atoms with Crippen molar-refractivity contribution in [3.63, 3.8) is 0 Å². The summed E-state index contributed by atoms with van der Waals surface area (Å²) in [6.45, 7) is 0.836. The smallest absolute Gasteiger partial charge is 0.411 e. The summed E-state index contributed by atoms with van der Waals surface area (Å²) in [4.78, 5) is 14.3. The van der Waals surface area contributed by atoms with E-state index in [0.717, 1.165) is 34.6 Å². The Morgan fingerprint density at radius 1 is 0.846 bits per heavy atom. The van der Waals surface area contributed by atoms with Crippen LogP contribution in [-0.2, 0) is 11.2 Å². The number of hydrogen-bond donors (Lipinski definition) is 0. The highest BCUT2D eigenvalue weighted by Crippen LogP contribution is 2.47. The van der Waals surface area contributed by atoms with E-state index in [0.29, 0.717) is 18.1 Å². The Morgan fingerprint density at radius 3 is 2.42 bits per heavy atom. The van der Waals surface area contributed by atoms with E-state index in [1.807, 2.05) is 35.2 Å². The van der Waals surface area contributed by atoms with E-state index in [4.69, 9.17) is 23.7 Å². The van der Waals surface area contributed by atoms with Crippen LogP contribution in [0.2, 0.25) is 0 Å². The lowest BCUT2D eigenvalue weighted by Crippen LogP contribution is -2.42. The maximum atomic E-state index is 12.5. The number of ether oxygens (including phenoxy) is 5. The zero-order valence-corrected chi connectivity index (χ0v) is 13.8. The summed E-state index contributed by atoms with van der Waals surface area (Å²) in [5.41, 5.74) is 3.14. The fourth-order valence-corrected chi connectivity index (χ4v) is 4.20. The number of benzene rings is 2. The molecule has 1 saturated heterocycles. The molecule has 0 spiro atoms. The third kappa shape index (κ3) is 1.85. The molecule has 1 fully saturated rings. The van der Waals surface area contributed by atoms with Gasteiger partial charge in [-0.1, -0.05) is 6.07 Å². The number of carbonyl (C=O) groups excluding carboxylic acids is 1. The van der Waals surface area contributed by atoms with Gasteiger partial charge in [0.15, 0.2) is 23.0 Å². The Labute approximate surface area is 149 Å². The van der Waals surface area contributed by atoms with Crippen LogP contribution in [0, 0.1) is 0 Å². The van der Waals surface area contributed by atoms with Crippen molar-refractivity contribution >= 4 is 6.09 Å². The van der Waals surface area contributed by atoms with Gasteiger partial charge in [0.25, 0.3) is 0 Å². The largest absolute Gasteiger partial charge is 0.454 e. The van der Waals surface area contributed by atoms with E-state index in [-0.39, 0.29) is 31.8 Å². The van der Waals surface area contributed by atoms with Crippen molar-refractivity contribution in [1.82, 2.24) is 4.90 Å². The van der Waals surface area contributed by atoms with Crippen LogP contribution < -0.4 is 18.9 Å². The second kappa shape index (κ2) is 4.97. The SMILES string of the molecule is O=C1OC[C@H]2Cc3cc4c(cc3[C@H](c3ccc5c(c3)OCO5)N12)OCO4. The van der Waals surface area contributed by atoms with Gasteiger partial charge in [-0.25, -0.2) is 4.79 Å². The van der Waals surface area contributed by atoms with Gasteiger partial charge in [-0.2, -0.15) is 0 Å². The summed E-state index contributed by atoms with van der Waals surface area (Å²) in [7, 11) is 0. The van der Waals surface area contributed by atoms with E-state index in [1.54, 1.807) is 0 Å². The summed E-state index contributed by atoms with van der Waals surface area (Å²) >= 11 is 0. The van der Waals surface area contributed by atoms with Gasteiger partial charge in [0, 0.05) is 0 Å². The molecule has 7 heteroatoms. The van der Waals surface area contributed by atoms with Crippen molar-refractivity contribution in [3.05, 3.63) is 47.0 Å². The van der Waals surface area contributed by atoms with Crippen molar-refractivity contribution in [2.24, 2.45) is 0 Å². The van der Waals surface area contributed by atoms with Gasteiger partial charge in [0.05, 0.1) is 12.1 Å². The summed E-state index contributed by atoms with van der Waals surface area (Å²) in [5.74, 6) is 2.88. The molecule has 0 N–H and O–H groups in total. The highest BCUT2D eigenvalue weighted by atomic mass is 16.7. The summed E-state index contributed by atoms with van der Waals surface area (Å²) in [6, 6.07) is 9.55. The highest BCUT2D eigenvalue weighted by Gasteiger charge is 2.45. The lowest BCUT2D eigenvalue weighted by Gasteiger charge is -2.37. The van der Waals surface area contributed by atoms with Crippen LogP contribution in [0.25, 0.3) is 0 Å². The van der Waals surface area contributed by atoms with E-state index in [9.17, 15) is 4.79 Å². The van der Waals surface area contributed by atoms with E-state index in [1.165, 1.54) is 0 Å². The molecule has 7 nitrogen and oxygen atoms in total. The van der Waals surface area contributed by atoms with E-state index in [2.05, 4.69) is 0 Å². The normalized spacial score (nSPS) is 24.3. The number of nitrogens with zero attached hydrogens (tertiary/aromatic N) is 1. The Morgan fingerprint density at radius 2 is 1.58 bits per heavy atom. The molecule has 0 unspecified atom stereocenters. The average Bonchev–Trinajstić information content (AvgIpc) is 3.37. The van der Waals surface area contributed by atoms with Crippen molar-refractivity contribution in [2.75, 3.05) is 20.2 Å². The lowest BCUT2D eigenvalue weighted by atomic mass is 9.85. The third-order valence-electron chi connectivity index (χ3n) is 5.38. The lowest BCUT2D eigenvalue weighted by molar-refractivity contribution is 0.147. The van der Waals surface area contributed by atoms with Crippen molar-refractivity contribution < 1.29 is 28.5 Å². The third-order valence-corrected chi connectivity index (χ3v) is 5.38. The molecule has 0 saturated carbocycles. The minimum atomic E-state index is -0.291. The molecule has 2 aromatic rings. The van der Waals surface area contributed by atoms with Crippen molar-refractivity contribution in [2.45, 2.75) is 18.5 Å². The second-order valence-corrected chi connectivity index (χ2v) is 6.76. The van der Waals surface area contributed by atoms with Crippen LogP contribution >= 0.6 is 0 Å². The molecule has 2 aromatic carbocycles. The van der Waals surface area contributed by atoms with Crippen LogP contribution in [0.4, 0.5) is 4.79 Å². The highest BCUT2D eigenvalue weighted by molar-refractivity contribution is 5.73. The fraction of sp³-hybridized carbons (Fsp3) is 0.316. The first-order valence-corrected chi connectivity index (χ1v) is 8.55. The fourth-order valence-electron chi connectivity index (χ4n) is 4.20. The molecular formula is C19H15NO6. The standard InChI is InChI=1S/C19H15NO6/c21-19-20-12(7-22-19)3-11-5-16-17(26-9-25-16)6-13(11)18(20)10-1-2-14-15(4-10)24-8-23-14/h1-2,4-6,12,18H,3,7-9H2/t12-,18+/m1/s1. The number of cyclic esters (lactones) is 1. The molecule has 0 bridgehead atoms. The number of amides is 1. The summed E-state index contributed by atoms with van der Waals surface area (Å²) < 4.78 is 27.4. The average molecular weight is 353 g/mol. The van der Waals surface area contributed by atoms with E-state index >= 15 is 0 Å². The Balaban J connectivity index is 1.54. The quantitative estimate of drug-likeness (QED) is 0.785. The van der Waals surface area contributed by atoms with Gasteiger partial charge in [-0.15, -0.1) is 0 Å². The van der Waals surface area contributed by atoms with Crippen LogP contribution in [0.1, 0.15) is 22.7 Å². The molecular weight excluding hydrogens is 338 g/mol. The maximum absolute atomic E-state index is 12.5. The first kappa shape index (κ1) is 14.1. The van der Waals surface area contributed by atoms with Gasteiger partial charge in [-0.3, -0.25) is 4.90 Å². The van der Waals surface area contributed by atoms with Gasteiger partial charge < -0.3 is 23.7 Å². The predicted molar refractivity (Wildman–Crippen MR) is 87.7 cm³/mol. The monoisotopic (exact) mass is 353 g/mol. The predicted octanol–water partition coefficient (Wildman–Crippen LogP) is 2.61. The molecule has 4 heterocycles. The zero-order chi connectivity index (χ0) is 17.3. The minimum absolute atomic E-state index is 0.00537. The molecule has 132 valence electrons. The first-order valence-electron chi connectivity index (χ1n) is 8.55. The number of fused-ring (bicyclic) bond motifs is 4.